The second-order valence-electron chi connectivity index (χ2n) is 8.28. The molecule has 1 heterocycles. The number of hydrogen-bond donors (Lipinski definition) is 0. The zero-order chi connectivity index (χ0) is 18.9. The van der Waals surface area contributed by atoms with Gasteiger partial charge in [0, 0.05) is 5.57 Å². The number of hydrogen-bond acceptors (Lipinski definition) is 1. The van der Waals surface area contributed by atoms with Crippen molar-refractivity contribution in [1.29, 1.82) is 0 Å². The number of rotatable bonds is 3. The number of amides is 1. The van der Waals surface area contributed by atoms with Crippen LogP contribution in [0.4, 0.5) is 0 Å². The van der Waals surface area contributed by atoms with Gasteiger partial charge in [-0.1, -0.05) is 87.0 Å². The Hall–Kier alpha value is -2.35. The van der Waals surface area contributed by atoms with Crippen LogP contribution in [0.3, 0.4) is 0 Å². The van der Waals surface area contributed by atoms with Crippen molar-refractivity contribution in [1.82, 2.24) is 4.90 Å². The summed E-state index contributed by atoms with van der Waals surface area (Å²) in [6.07, 6.45) is 0.891. The summed E-state index contributed by atoms with van der Waals surface area (Å²) in [5, 5.41) is 0. The van der Waals surface area contributed by atoms with Gasteiger partial charge in [-0.3, -0.25) is 4.79 Å². The molecule has 0 aromatic heterocycles. The van der Waals surface area contributed by atoms with E-state index in [9.17, 15) is 4.79 Å². The van der Waals surface area contributed by atoms with E-state index in [-0.39, 0.29) is 23.4 Å². The Morgan fingerprint density at radius 3 is 2.04 bits per heavy atom. The molecule has 2 atom stereocenters. The monoisotopic (exact) mass is 347 g/mol. The molecule has 2 heteroatoms. The molecular weight excluding hydrogens is 318 g/mol. The molecule has 1 aliphatic heterocycles. The van der Waals surface area contributed by atoms with Gasteiger partial charge in [-0.05, 0) is 36.8 Å². The molecule has 0 saturated carbocycles. The van der Waals surface area contributed by atoms with Gasteiger partial charge >= 0.3 is 0 Å². The highest BCUT2D eigenvalue weighted by atomic mass is 16.2. The molecule has 136 valence electrons. The first-order chi connectivity index (χ1) is 12.3. The summed E-state index contributed by atoms with van der Waals surface area (Å²) >= 11 is 0. The Bertz CT molecular complexity index is 799. The first-order valence-corrected chi connectivity index (χ1v) is 9.43. The molecular formula is C24H29NO. The lowest BCUT2D eigenvalue weighted by molar-refractivity contribution is -0.133. The van der Waals surface area contributed by atoms with E-state index in [1.54, 1.807) is 0 Å². The van der Waals surface area contributed by atoms with Crippen molar-refractivity contribution in [3.05, 3.63) is 82.9 Å². The molecule has 1 aliphatic rings. The first kappa shape index (κ1) is 18.4. The van der Waals surface area contributed by atoms with E-state index in [1.807, 2.05) is 31.2 Å². The van der Waals surface area contributed by atoms with Gasteiger partial charge in [0.05, 0.1) is 12.1 Å². The summed E-state index contributed by atoms with van der Waals surface area (Å²) in [6, 6.07) is 20.9. The molecule has 0 spiro atoms. The topological polar surface area (TPSA) is 20.3 Å². The Labute approximate surface area is 157 Å². The zero-order valence-corrected chi connectivity index (χ0v) is 16.5. The quantitative estimate of drug-likeness (QED) is 0.658. The average Bonchev–Trinajstić information content (AvgIpc) is 2.63. The van der Waals surface area contributed by atoms with Crippen LogP contribution < -0.4 is 0 Å². The van der Waals surface area contributed by atoms with Crippen LogP contribution in [0.15, 0.2) is 71.8 Å². The summed E-state index contributed by atoms with van der Waals surface area (Å²) in [6.45, 7) is 10.7. The fraction of sp³-hybridized carbons (Fsp3) is 0.375. The maximum atomic E-state index is 13.4. The van der Waals surface area contributed by atoms with Crippen molar-refractivity contribution in [3.8, 4) is 0 Å². The summed E-state index contributed by atoms with van der Waals surface area (Å²) in [5.74, 6) is 0.159. The zero-order valence-electron chi connectivity index (χ0n) is 16.5. The molecule has 0 fully saturated rings. The van der Waals surface area contributed by atoms with Gasteiger partial charge in [0.25, 0.3) is 0 Å². The second kappa shape index (κ2) is 7.11. The molecule has 3 rings (SSSR count). The molecule has 26 heavy (non-hydrogen) atoms. The van der Waals surface area contributed by atoms with E-state index >= 15 is 0 Å². The van der Waals surface area contributed by atoms with Crippen LogP contribution in [0, 0.1) is 5.41 Å². The molecule has 0 N–H and O–H groups in total. The molecule has 2 nitrogen and oxygen atoms in total. The smallest absolute Gasteiger partial charge is 0.250 e. The third-order valence-corrected chi connectivity index (χ3v) is 5.53. The third-order valence-electron chi connectivity index (χ3n) is 5.53. The maximum absolute atomic E-state index is 13.4. The van der Waals surface area contributed by atoms with Gasteiger partial charge in [-0.25, -0.2) is 0 Å². The highest BCUT2D eigenvalue weighted by Gasteiger charge is 2.39. The van der Waals surface area contributed by atoms with Gasteiger partial charge in [-0.2, -0.15) is 0 Å². The number of carbonyl (C=O) groups excluding carboxylic acids is 1. The van der Waals surface area contributed by atoms with Gasteiger partial charge in [-0.15, -0.1) is 0 Å². The highest BCUT2D eigenvalue weighted by Crippen LogP contribution is 2.45. The van der Waals surface area contributed by atoms with E-state index in [1.165, 1.54) is 16.7 Å². The van der Waals surface area contributed by atoms with Crippen LogP contribution in [0.1, 0.15) is 64.3 Å². The highest BCUT2D eigenvalue weighted by molar-refractivity contribution is 5.95. The third kappa shape index (κ3) is 3.46. The molecule has 0 aliphatic carbocycles. The molecule has 2 aromatic rings. The van der Waals surface area contributed by atoms with Gasteiger partial charge in [0.1, 0.15) is 0 Å². The molecule has 0 saturated heterocycles. The normalized spacial score (nSPS) is 19.7. The van der Waals surface area contributed by atoms with Crippen LogP contribution in [0.2, 0.25) is 0 Å². The van der Waals surface area contributed by atoms with Crippen LogP contribution in [-0.4, -0.2) is 10.8 Å². The standard InChI is InChI=1S/C24H29NO/c1-17-21(24(3,4)5)16-22(20-14-10-7-11-15-20)25(23(17)26)18(2)19-12-8-6-9-13-19/h6-15,18,22H,16H2,1-5H3/t18-,22-/m1/s1. The average molecular weight is 348 g/mol. The number of benzene rings is 2. The summed E-state index contributed by atoms with van der Waals surface area (Å²) in [5.41, 5.74) is 4.56. The second-order valence-corrected chi connectivity index (χ2v) is 8.28. The first-order valence-electron chi connectivity index (χ1n) is 9.43. The van der Waals surface area contributed by atoms with Crippen LogP contribution in [0.5, 0.6) is 0 Å². The minimum Gasteiger partial charge on any atom is -0.325 e. The van der Waals surface area contributed by atoms with Crippen molar-refractivity contribution in [2.75, 3.05) is 0 Å². The minimum atomic E-state index is -0.00511. The Morgan fingerprint density at radius 2 is 1.50 bits per heavy atom. The van der Waals surface area contributed by atoms with Gasteiger partial charge in [0.15, 0.2) is 0 Å². The lowest BCUT2D eigenvalue weighted by Gasteiger charge is -2.44. The largest absolute Gasteiger partial charge is 0.325 e. The van der Waals surface area contributed by atoms with Gasteiger partial charge in [0.2, 0.25) is 5.91 Å². The molecule has 0 radical (unpaired) electrons. The van der Waals surface area contributed by atoms with Crippen molar-refractivity contribution < 1.29 is 4.79 Å². The van der Waals surface area contributed by atoms with Crippen molar-refractivity contribution >= 4 is 5.91 Å². The SMILES string of the molecule is CC1=C(C(C)(C)C)C[C@H](c2ccccc2)N([C@H](C)c2ccccc2)C1=O. The molecule has 2 aromatic carbocycles. The van der Waals surface area contributed by atoms with Crippen molar-refractivity contribution in [2.45, 2.75) is 53.1 Å². The number of carbonyl (C=O) groups is 1. The van der Waals surface area contributed by atoms with E-state index in [2.05, 4.69) is 69.0 Å². The summed E-state index contributed by atoms with van der Waals surface area (Å²) in [4.78, 5) is 15.5. The fourth-order valence-corrected chi connectivity index (χ4v) is 4.07. The fourth-order valence-electron chi connectivity index (χ4n) is 4.07. The maximum Gasteiger partial charge on any atom is 0.250 e. The van der Waals surface area contributed by atoms with Gasteiger partial charge < -0.3 is 4.90 Å². The van der Waals surface area contributed by atoms with E-state index in [0.717, 1.165) is 12.0 Å². The summed E-state index contributed by atoms with van der Waals surface area (Å²) < 4.78 is 0. The summed E-state index contributed by atoms with van der Waals surface area (Å²) in [7, 11) is 0. The van der Waals surface area contributed by atoms with Crippen LogP contribution in [-0.2, 0) is 4.79 Å². The Morgan fingerprint density at radius 1 is 0.962 bits per heavy atom. The minimum absolute atomic E-state index is 0.00511. The van der Waals surface area contributed by atoms with Crippen molar-refractivity contribution in [2.24, 2.45) is 5.41 Å². The molecule has 0 bridgehead atoms. The predicted octanol–water partition coefficient (Wildman–Crippen LogP) is 6.08. The van der Waals surface area contributed by atoms with Crippen LogP contribution in [0.25, 0.3) is 0 Å². The lowest BCUT2D eigenvalue weighted by Crippen LogP contribution is -2.42. The lowest BCUT2D eigenvalue weighted by atomic mass is 9.76. The van der Waals surface area contributed by atoms with E-state index < -0.39 is 0 Å². The Balaban J connectivity index is 2.10. The van der Waals surface area contributed by atoms with E-state index in [0.29, 0.717) is 0 Å². The molecule has 1 amide bonds. The Kier molecular flexibility index (Phi) is 5.04. The number of nitrogens with zero attached hydrogens (tertiary/aromatic N) is 1. The predicted molar refractivity (Wildman–Crippen MR) is 108 cm³/mol. The van der Waals surface area contributed by atoms with Crippen LogP contribution >= 0.6 is 0 Å². The molecule has 0 unspecified atom stereocenters. The van der Waals surface area contributed by atoms with Crippen molar-refractivity contribution in [3.63, 3.8) is 0 Å². The van der Waals surface area contributed by atoms with E-state index in [4.69, 9.17) is 0 Å².